The molecule has 29 heavy (non-hydrogen) atoms. The summed E-state index contributed by atoms with van der Waals surface area (Å²) < 4.78 is 10.3. The summed E-state index contributed by atoms with van der Waals surface area (Å²) in [5.74, 6) is -0.251. The monoisotopic (exact) mass is 609 g/mol. The minimum atomic E-state index is -0.294. The van der Waals surface area contributed by atoms with E-state index in [0.717, 1.165) is 11.1 Å². The average molecular weight is 609 g/mol. The van der Waals surface area contributed by atoms with Crippen LogP contribution in [0.3, 0.4) is 0 Å². The van der Waals surface area contributed by atoms with Crippen molar-refractivity contribution in [1.29, 1.82) is 0 Å². The number of nitrogens with zero attached hydrogens (tertiary/aromatic N) is 4. The maximum absolute atomic E-state index is 11.6. The normalized spacial score (nSPS) is 11.5. The van der Waals surface area contributed by atoms with Gasteiger partial charge in [-0.3, -0.25) is 4.79 Å². The molecule has 2 aromatic carbocycles. The van der Waals surface area contributed by atoms with E-state index in [1.807, 2.05) is 30.3 Å². The summed E-state index contributed by atoms with van der Waals surface area (Å²) in [6.07, 6.45) is 0.480. The molecule has 0 amide bonds. The molecular formula is C20H22AcN4O4. The van der Waals surface area contributed by atoms with Crippen LogP contribution in [0.2, 0.25) is 0 Å². The molecule has 0 bridgehead atoms. The van der Waals surface area contributed by atoms with Gasteiger partial charge in [-0.2, -0.15) is 0 Å². The number of methoxy groups -OCH3 is 1. The number of hydrogen-bond acceptors (Lipinski definition) is 7. The van der Waals surface area contributed by atoms with Crippen LogP contribution in [0.4, 0.5) is 0 Å². The Labute approximate surface area is 204 Å². The Bertz CT molecular complexity index is 933. The van der Waals surface area contributed by atoms with Crippen molar-refractivity contribution >= 4 is 5.97 Å². The van der Waals surface area contributed by atoms with Gasteiger partial charge in [0.2, 0.25) is 5.82 Å². The molecule has 1 atom stereocenters. The molecule has 0 saturated carbocycles. The maximum Gasteiger partial charge on any atom is 0.308 e. The van der Waals surface area contributed by atoms with Crippen LogP contribution in [0.5, 0.6) is 5.75 Å². The van der Waals surface area contributed by atoms with E-state index in [1.54, 1.807) is 25.1 Å². The predicted octanol–water partition coefficient (Wildman–Crippen LogP) is 2.57. The predicted molar refractivity (Wildman–Crippen MR) is 101 cm³/mol. The Morgan fingerprint density at radius 3 is 2.66 bits per heavy atom. The molecule has 3 aromatic rings. The Hall–Kier alpha value is -1.82. The van der Waals surface area contributed by atoms with Crippen LogP contribution in [0.25, 0.3) is 11.4 Å². The average Bonchev–Trinajstić information content (AvgIpc) is 3.18. The molecule has 8 nitrogen and oxygen atoms in total. The summed E-state index contributed by atoms with van der Waals surface area (Å²) in [5.41, 5.74) is 2.36. The first-order chi connectivity index (χ1) is 13.6. The van der Waals surface area contributed by atoms with E-state index in [4.69, 9.17) is 9.47 Å². The van der Waals surface area contributed by atoms with Crippen LogP contribution in [-0.4, -0.2) is 38.4 Å². The van der Waals surface area contributed by atoms with E-state index in [0.29, 0.717) is 18.6 Å². The molecule has 3 rings (SSSR count). The number of hydrogen-bond donors (Lipinski definition) is 1. The Balaban J connectivity index is 0.00000300. The first-order valence-electron chi connectivity index (χ1n) is 8.86. The molecule has 0 unspecified atom stereocenters. The molecule has 0 aliphatic rings. The molecule has 1 heterocycles. The molecule has 0 aliphatic carbocycles. The number of carbonyl (C=O) groups excluding carboxylic acids is 1. The Kier molecular flexibility index (Phi) is 9.21. The van der Waals surface area contributed by atoms with Gasteiger partial charge < -0.3 is 14.6 Å². The molecular weight excluding hydrogens is 587 g/mol. The maximum atomic E-state index is 11.6. The molecule has 0 saturated heterocycles. The fourth-order valence-electron chi connectivity index (χ4n) is 2.75. The van der Waals surface area contributed by atoms with Crippen molar-refractivity contribution in [3.8, 4) is 17.1 Å². The number of carbonyl (C=O) groups is 1. The Morgan fingerprint density at radius 1 is 1.17 bits per heavy atom. The summed E-state index contributed by atoms with van der Waals surface area (Å²) in [7, 11) is 1.36. The van der Waals surface area contributed by atoms with Gasteiger partial charge >= 0.3 is 5.97 Å². The molecule has 149 valence electrons. The van der Waals surface area contributed by atoms with Crippen molar-refractivity contribution in [2.24, 2.45) is 5.92 Å². The van der Waals surface area contributed by atoms with Crippen molar-refractivity contribution < 1.29 is 63.4 Å². The largest absolute Gasteiger partial charge is 0.507 e. The molecule has 1 radical (unpaired) electrons. The molecule has 1 N–H and O–H groups in total. The van der Waals surface area contributed by atoms with Crippen LogP contribution >= 0.6 is 0 Å². The number of phenols is 1. The van der Waals surface area contributed by atoms with E-state index in [2.05, 4.69) is 15.4 Å². The van der Waals surface area contributed by atoms with Crippen molar-refractivity contribution in [1.82, 2.24) is 20.2 Å². The second-order valence-corrected chi connectivity index (χ2v) is 6.43. The number of aromatic nitrogens is 4. The van der Waals surface area contributed by atoms with Gasteiger partial charge in [0.05, 0.1) is 25.2 Å². The number of benzene rings is 2. The molecule has 0 spiro atoms. The van der Waals surface area contributed by atoms with E-state index in [-0.39, 0.29) is 74.3 Å². The summed E-state index contributed by atoms with van der Waals surface area (Å²) in [5, 5.41) is 22.4. The standard InChI is InChI=1S/C20H22N4O4.Ac/c1-14(20(26)27-2)10-16-8-9-18(25)17(11-16)19-21-23-24(22-19)13-28-12-15-6-4-3-5-7-15;/h3-9,11,14,25H,10,12-13H2,1-2H3;/t14-;/m0./s1. The van der Waals surface area contributed by atoms with Gasteiger partial charge in [0.15, 0.2) is 6.73 Å². The van der Waals surface area contributed by atoms with Gasteiger partial charge in [0.25, 0.3) is 0 Å². The van der Waals surface area contributed by atoms with Crippen molar-refractivity contribution in [3.63, 3.8) is 0 Å². The summed E-state index contributed by atoms with van der Waals surface area (Å²) in [6.45, 7) is 2.36. The summed E-state index contributed by atoms with van der Waals surface area (Å²) in [4.78, 5) is 12.9. The third kappa shape index (κ3) is 6.59. The topological polar surface area (TPSA) is 99.4 Å². The first kappa shape index (κ1) is 23.5. The minimum Gasteiger partial charge on any atom is -0.507 e. The zero-order valence-electron chi connectivity index (χ0n) is 16.4. The molecule has 9 heteroatoms. The second kappa shape index (κ2) is 11.4. The van der Waals surface area contributed by atoms with Crippen LogP contribution in [0, 0.1) is 50.0 Å². The molecule has 1 aromatic heterocycles. The quantitative estimate of drug-likeness (QED) is 0.392. The van der Waals surface area contributed by atoms with Crippen LogP contribution in [0.15, 0.2) is 48.5 Å². The first-order valence-corrected chi connectivity index (χ1v) is 8.86. The van der Waals surface area contributed by atoms with Crippen molar-refractivity contribution in [2.45, 2.75) is 26.7 Å². The zero-order valence-corrected chi connectivity index (χ0v) is 21.1. The SMILES string of the molecule is COC(=O)[C@@H](C)Cc1ccc(O)c(-c2nnn(COCc3ccccc3)n2)c1.[Ac]. The van der Waals surface area contributed by atoms with E-state index < -0.39 is 0 Å². The third-order valence-corrected chi connectivity index (χ3v) is 4.22. The number of aromatic hydroxyl groups is 1. The van der Waals surface area contributed by atoms with Crippen LogP contribution in [0.1, 0.15) is 18.1 Å². The van der Waals surface area contributed by atoms with E-state index in [1.165, 1.54) is 11.9 Å². The fourth-order valence-corrected chi connectivity index (χ4v) is 2.75. The van der Waals surface area contributed by atoms with Gasteiger partial charge in [-0.05, 0) is 34.9 Å². The van der Waals surface area contributed by atoms with Gasteiger partial charge in [-0.15, -0.1) is 15.0 Å². The van der Waals surface area contributed by atoms with Crippen LogP contribution in [-0.2, 0) is 34.0 Å². The van der Waals surface area contributed by atoms with Crippen molar-refractivity contribution in [3.05, 3.63) is 59.7 Å². The number of rotatable bonds is 8. The number of ether oxygens (including phenoxy) is 2. The summed E-state index contributed by atoms with van der Waals surface area (Å²) >= 11 is 0. The fraction of sp³-hybridized carbons (Fsp3) is 0.300. The van der Waals surface area contributed by atoms with Gasteiger partial charge in [0, 0.05) is 44.1 Å². The van der Waals surface area contributed by atoms with E-state index in [9.17, 15) is 9.90 Å². The zero-order chi connectivity index (χ0) is 19.9. The minimum absolute atomic E-state index is 0. The van der Waals surface area contributed by atoms with Gasteiger partial charge in [-0.25, -0.2) is 0 Å². The van der Waals surface area contributed by atoms with E-state index >= 15 is 0 Å². The number of esters is 1. The number of tetrazole rings is 1. The smallest absolute Gasteiger partial charge is 0.308 e. The third-order valence-electron chi connectivity index (χ3n) is 4.22. The number of phenolic OH excluding ortho intramolecular Hbond substituents is 1. The summed E-state index contributed by atoms with van der Waals surface area (Å²) in [6, 6.07) is 14.8. The van der Waals surface area contributed by atoms with Gasteiger partial charge in [0.1, 0.15) is 5.75 Å². The molecule has 0 aliphatic heterocycles. The van der Waals surface area contributed by atoms with Gasteiger partial charge in [-0.1, -0.05) is 43.3 Å². The Morgan fingerprint density at radius 2 is 1.93 bits per heavy atom. The van der Waals surface area contributed by atoms with Crippen LogP contribution < -0.4 is 0 Å². The van der Waals surface area contributed by atoms with Crippen molar-refractivity contribution in [2.75, 3.05) is 7.11 Å². The molecule has 0 fully saturated rings. The second-order valence-electron chi connectivity index (χ2n) is 6.43.